The Morgan fingerprint density at radius 2 is 1.86 bits per heavy atom. The van der Waals surface area contributed by atoms with Crippen molar-refractivity contribution in [1.82, 2.24) is 9.55 Å². The summed E-state index contributed by atoms with van der Waals surface area (Å²) in [7, 11) is 2.05. The van der Waals surface area contributed by atoms with Crippen LogP contribution in [-0.2, 0) is 17.8 Å². The quantitative estimate of drug-likeness (QED) is 0.549. The molecule has 5 nitrogen and oxygen atoms in total. The molecule has 0 fully saturated rings. The molecule has 0 spiro atoms. The van der Waals surface area contributed by atoms with Gasteiger partial charge in [-0.3, -0.25) is 9.78 Å². The summed E-state index contributed by atoms with van der Waals surface area (Å²) < 4.78 is 2.05. The number of hydrogen-bond acceptors (Lipinski definition) is 3. The molecule has 4 aromatic rings. The van der Waals surface area contributed by atoms with Gasteiger partial charge in [0.15, 0.2) is 0 Å². The zero-order chi connectivity index (χ0) is 19.5. The molecule has 1 N–H and O–H groups in total. The predicted octanol–water partition coefficient (Wildman–Crippen LogP) is 4.29. The van der Waals surface area contributed by atoms with Crippen LogP contribution >= 0.6 is 0 Å². The lowest BCUT2D eigenvalue weighted by Crippen LogP contribution is -2.16. The van der Waals surface area contributed by atoms with Crippen molar-refractivity contribution in [3.63, 3.8) is 0 Å². The van der Waals surface area contributed by atoms with Crippen LogP contribution in [0.5, 0.6) is 0 Å². The van der Waals surface area contributed by atoms with Crippen molar-refractivity contribution in [2.75, 3.05) is 11.9 Å². The van der Waals surface area contributed by atoms with Crippen molar-refractivity contribution in [2.45, 2.75) is 13.0 Å². The number of carboxylic acid groups (broad SMARTS) is 1. The van der Waals surface area contributed by atoms with Crippen LogP contribution in [0.3, 0.4) is 0 Å². The van der Waals surface area contributed by atoms with Gasteiger partial charge in [0, 0.05) is 48.9 Å². The Labute approximate surface area is 163 Å². The number of nitrogens with zero attached hydrogens (tertiary/aromatic N) is 3. The highest BCUT2D eigenvalue weighted by Crippen LogP contribution is 2.26. The van der Waals surface area contributed by atoms with Crippen LogP contribution in [0.4, 0.5) is 5.69 Å². The summed E-state index contributed by atoms with van der Waals surface area (Å²) in [6.45, 7) is 0.780. The Hall–Kier alpha value is -3.60. The van der Waals surface area contributed by atoms with E-state index in [-0.39, 0.29) is 6.42 Å². The van der Waals surface area contributed by atoms with Crippen LogP contribution in [0.25, 0.3) is 16.6 Å². The highest BCUT2D eigenvalue weighted by molar-refractivity contribution is 5.88. The molecule has 0 saturated heterocycles. The fraction of sp³-hybridized carbons (Fsp3) is 0.130. The van der Waals surface area contributed by atoms with Gasteiger partial charge in [-0.2, -0.15) is 0 Å². The number of aliphatic carboxylic acids is 1. The number of anilines is 1. The van der Waals surface area contributed by atoms with Gasteiger partial charge in [0.25, 0.3) is 0 Å². The molecule has 0 amide bonds. The minimum Gasteiger partial charge on any atom is -0.481 e. The summed E-state index contributed by atoms with van der Waals surface area (Å²) in [6.07, 6.45) is 5.59. The van der Waals surface area contributed by atoms with E-state index in [2.05, 4.69) is 51.8 Å². The van der Waals surface area contributed by atoms with Crippen molar-refractivity contribution in [3.05, 3.63) is 90.4 Å². The Kier molecular flexibility index (Phi) is 4.81. The van der Waals surface area contributed by atoms with Crippen LogP contribution in [0, 0.1) is 0 Å². The predicted molar refractivity (Wildman–Crippen MR) is 111 cm³/mol. The van der Waals surface area contributed by atoms with E-state index in [1.807, 2.05) is 42.7 Å². The number of fused-ring (bicyclic) bond motifs is 1. The molecule has 2 aromatic heterocycles. The van der Waals surface area contributed by atoms with E-state index in [4.69, 9.17) is 0 Å². The van der Waals surface area contributed by atoms with E-state index in [1.165, 1.54) is 0 Å². The number of carboxylic acids is 1. The lowest BCUT2D eigenvalue weighted by atomic mass is 10.1. The summed E-state index contributed by atoms with van der Waals surface area (Å²) in [5.41, 5.74) is 5.10. The summed E-state index contributed by atoms with van der Waals surface area (Å²) in [5, 5.41) is 10.2. The van der Waals surface area contributed by atoms with Crippen LogP contribution in [0.15, 0.2) is 79.3 Å². The van der Waals surface area contributed by atoms with Gasteiger partial charge in [-0.05, 0) is 47.5 Å². The molecule has 0 bridgehead atoms. The summed E-state index contributed by atoms with van der Waals surface area (Å²) in [5.74, 6) is -0.824. The van der Waals surface area contributed by atoms with Crippen molar-refractivity contribution < 1.29 is 9.90 Å². The maximum atomic E-state index is 11.2. The van der Waals surface area contributed by atoms with Crippen molar-refractivity contribution in [3.8, 4) is 5.69 Å². The average molecular weight is 371 g/mol. The number of hydrogen-bond donors (Lipinski definition) is 1. The number of carbonyl (C=O) groups is 1. The zero-order valence-electron chi connectivity index (χ0n) is 15.6. The Balaban J connectivity index is 1.63. The topological polar surface area (TPSA) is 58.4 Å². The molecule has 2 heterocycles. The largest absolute Gasteiger partial charge is 0.481 e. The Bertz CT molecular complexity index is 1100. The number of aromatic nitrogens is 2. The molecule has 0 aliphatic heterocycles. The van der Waals surface area contributed by atoms with E-state index in [9.17, 15) is 9.90 Å². The van der Waals surface area contributed by atoms with Gasteiger partial charge in [0.2, 0.25) is 0 Å². The standard InChI is InChI=1S/C23H21N3O2/c1-25(15-17-5-4-12-24-14-17)19-8-10-20(11-9-19)26-16-18(13-23(27)28)21-6-2-3-7-22(21)26/h2-12,14,16H,13,15H2,1H3,(H,27,28). The second kappa shape index (κ2) is 7.56. The van der Waals surface area contributed by atoms with Gasteiger partial charge in [-0.25, -0.2) is 0 Å². The molecule has 4 rings (SSSR count). The molecule has 0 unspecified atom stereocenters. The van der Waals surface area contributed by atoms with Gasteiger partial charge >= 0.3 is 5.97 Å². The van der Waals surface area contributed by atoms with Crippen molar-refractivity contribution in [2.24, 2.45) is 0 Å². The molecular weight excluding hydrogens is 350 g/mol. The van der Waals surface area contributed by atoms with E-state index >= 15 is 0 Å². The van der Waals surface area contributed by atoms with Crippen LogP contribution < -0.4 is 4.90 Å². The maximum absolute atomic E-state index is 11.2. The molecule has 0 aliphatic carbocycles. The van der Waals surface area contributed by atoms with Gasteiger partial charge in [-0.1, -0.05) is 24.3 Å². The molecule has 5 heteroatoms. The van der Waals surface area contributed by atoms with Crippen molar-refractivity contribution >= 4 is 22.6 Å². The van der Waals surface area contributed by atoms with E-state index in [0.29, 0.717) is 0 Å². The smallest absolute Gasteiger partial charge is 0.307 e. The molecule has 0 atom stereocenters. The first-order valence-corrected chi connectivity index (χ1v) is 9.13. The Morgan fingerprint density at radius 3 is 2.57 bits per heavy atom. The van der Waals surface area contributed by atoms with Crippen LogP contribution in [0.1, 0.15) is 11.1 Å². The SMILES string of the molecule is CN(Cc1cccnc1)c1ccc(-n2cc(CC(=O)O)c3ccccc32)cc1. The van der Waals surface area contributed by atoms with Gasteiger partial charge < -0.3 is 14.6 Å². The molecule has 0 saturated carbocycles. The molecule has 140 valence electrons. The maximum Gasteiger partial charge on any atom is 0.307 e. The third-order valence-corrected chi connectivity index (χ3v) is 4.85. The number of rotatable bonds is 6. The normalized spacial score (nSPS) is 10.9. The van der Waals surface area contributed by atoms with Crippen LogP contribution in [-0.4, -0.2) is 27.7 Å². The van der Waals surface area contributed by atoms with E-state index in [0.717, 1.165) is 39.9 Å². The molecule has 0 aliphatic rings. The summed E-state index contributed by atoms with van der Waals surface area (Å²) >= 11 is 0. The first-order chi connectivity index (χ1) is 13.6. The van der Waals surface area contributed by atoms with Gasteiger partial charge in [0.05, 0.1) is 11.9 Å². The molecule has 28 heavy (non-hydrogen) atoms. The Morgan fingerprint density at radius 1 is 1.07 bits per heavy atom. The highest BCUT2D eigenvalue weighted by atomic mass is 16.4. The van der Waals surface area contributed by atoms with Gasteiger partial charge in [0.1, 0.15) is 0 Å². The first-order valence-electron chi connectivity index (χ1n) is 9.13. The highest BCUT2D eigenvalue weighted by Gasteiger charge is 2.12. The second-order valence-corrected chi connectivity index (χ2v) is 6.85. The number of benzene rings is 2. The second-order valence-electron chi connectivity index (χ2n) is 6.85. The lowest BCUT2D eigenvalue weighted by Gasteiger charge is -2.19. The monoisotopic (exact) mass is 371 g/mol. The molecule has 2 aromatic carbocycles. The molecular formula is C23H21N3O2. The molecule has 0 radical (unpaired) electrons. The number of pyridine rings is 1. The fourth-order valence-electron chi connectivity index (χ4n) is 3.49. The summed E-state index contributed by atoms with van der Waals surface area (Å²) in [6, 6.07) is 20.2. The third-order valence-electron chi connectivity index (χ3n) is 4.85. The fourth-order valence-corrected chi connectivity index (χ4v) is 3.49. The lowest BCUT2D eigenvalue weighted by molar-refractivity contribution is -0.136. The van der Waals surface area contributed by atoms with Crippen LogP contribution in [0.2, 0.25) is 0 Å². The van der Waals surface area contributed by atoms with Gasteiger partial charge in [-0.15, -0.1) is 0 Å². The third kappa shape index (κ3) is 3.60. The average Bonchev–Trinajstić information content (AvgIpc) is 3.07. The minimum absolute atomic E-state index is 0.0133. The minimum atomic E-state index is -0.824. The van der Waals surface area contributed by atoms with Crippen molar-refractivity contribution in [1.29, 1.82) is 0 Å². The zero-order valence-corrected chi connectivity index (χ0v) is 15.6. The first kappa shape index (κ1) is 17.8. The van der Waals surface area contributed by atoms with E-state index < -0.39 is 5.97 Å². The van der Waals surface area contributed by atoms with E-state index in [1.54, 1.807) is 6.20 Å². The number of para-hydroxylation sites is 1. The summed E-state index contributed by atoms with van der Waals surface area (Å²) in [4.78, 5) is 17.5.